The van der Waals surface area contributed by atoms with Crippen LogP contribution in [0.2, 0.25) is 5.02 Å². The van der Waals surface area contributed by atoms with Gasteiger partial charge in [0.1, 0.15) is 18.2 Å². The van der Waals surface area contributed by atoms with Gasteiger partial charge in [0.25, 0.3) is 0 Å². The fraction of sp³-hybridized carbons (Fsp3) is 0.364. The van der Waals surface area contributed by atoms with E-state index in [1.807, 2.05) is 32.0 Å². The molecule has 5 heteroatoms. The van der Waals surface area contributed by atoms with Crippen LogP contribution in [0.4, 0.5) is 0 Å². The lowest BCUT2D eigenvalue weighted by Gasteiger charge is -2.11. The van der Waals surface area contributed by atoms with Gasteiger partial charge in [0, 0.05) is 23.0 Å². The third kappa shape index (κ3) is 5.74. The molecule has 0 atom stereocenters. The van der Waals surface area contributed by atoms with E-state index in [9.17, 15) is 10.1 Å². The van der Waals surface area contributed by atoms with Crippen molar-refractivity contribution in [1.29, 1.82) is 5.26 Å². The van der Waals surface area contributed by atoms with Gasteiger partial charge in [-0.1, -0.05) is 37.6 Å². The van der Waals surface area contributed by atoms with Gasteiger partial charge in [-0.2, -0.15) is 5.26 Å². The number of esters is 1. The highest BCUT2D eigenvalue weighted by Gasteiger charge is 2.14. The minimum atomic E-state index is -0.635. The minimum absolute atomic E-state index is 0.0128. The Hall–Kier alpha value is -2.51. The first-order chi connectivity index (χ1) is 12.8. The molecule has 1 heterocycles. The van der Waals surface area contributed by atoms with E-state index in [0.29, 0.717) is 10.9 Å². The molecule has 1 aromatic heterocycles. The summed E-state index contributed by atoms with van der Waals surface area (Å²) in [5, 5.41) is 9.97. The Labute approximate surface area is 166 Å². The van der Waals surface area contributed by atoms with E-state index in [1.165, 1.54) is 0 Å². The van der Waals surface area contributed by atoms with Crippen LogP contribution < -0.4 is 0 Å². The highest BCUT2D eigenvalue weighted by atomic mass is 35.5. The van der Waals surface area contributed by atoms with Crippen LogP contribution in [0, 0.1) is 31.1 Å². The second-order valence-electron chi connectivity index (χ2n) is 7.04. The first-order valence-corrected chi connectivity index (χ1v) is 9.39. The van der Waals surface area contributed by atoms with Gasteiger partial charge in [-0.15, -0.1) is 0 Å². The smallest absolute Gasteiger partial charge is 0.349 e. The molecule has 1 aromatic carbocycles. The quantitative estimate of drug-likeness (QED) is 0.362. The molecule has 142 valence electrons. The first kappa shape index (κ1) is 20.8. The summed E-state index contributed by atoms with van der Waals surface area (Å²) >= 11 is 5.93. The molecule has 0 N–H and O–H groups in total. The van der Waals surface area contributed by atoms with E-state index in [0.717, 1.165) is 35.5 Å². The predicted octanol–water partition coefficient (Wildman–Crippen LogP) is 5.45. The van der Waals surface area contributed by atoms with Crippen molar-refractivity contribution in [3.8, 4) is 6.07 Å². The van der Waals surface area contributed by atoms with Crippen LogP contribution in [0.5, 0.6) is 0 Å². The lowest BCUT2D eigenvalue weighted by molar-refractivity contribution is -0.139. The van der Waals surface area contributed by atoms with E-state index < -0.39 is 5.97 Å². The molecule has 0 aliphatic heterocycles. The van der Waals surface area contributed by atoms with Crippen LogP contribution >= 0.6 is 11.6 Å². The van der Waals surface area contributed by atoms with Crippen LogP contribution in [-0.2, 0) is 22.7 Å². The maximum absolute atomic E-state index is 12.3. The molecule has 4 nitrogen and oxygen atoms in total. The van der Waals surface area contributed by atoms with Gasteiger partial charge in [0.05, 0.1) is 0 Å². The standard InChI is InChI=1S/C22H25ClN2O2/c1-15(2)8-9-25-16(3)10-19(17(25)4)12-20(13-24)22(26)27-14-18-6-5-7-21(23)11-18/h5-7,10-12,15H,8-9,14H2,1-4H3/b20-12+. The van der Waals surface area contributed by atoms with Gasteiger partial charge in [-0.3, -0.25) is 0 Å². The minimum Gasteiger partial charge on any atom is -0.457 e. The summed E-state index contributed by atoms with van der Waals surface area (Å²) in [7, 11) is 0. The van der Waals surface area contributed by atoms with Crippen molar-refractivity contribution in [3.05, 3.63) is 63.4 Å². The Morgan fingerprint density at radius 2 is 2.07 bits per heavy atom. The lowest BCUT2D eigenvalue weighted by atomic mass is 10.1. The predicted molar refractivity (Wildman–Crippen MR) is 108 cm³/mol. The molecule has 0 aliphatic carbocycles. The van der Waals surface area contributed by atoms with E-state index in [4.69, 9.17) is 16.3 Å². The monoisotopic (exact) mass is 384 g/mol. The molecule has 27 heavy (non-hydrogen) atoms. The van der Waals surface area contributed by atoms with Gasteiger partial charge in [0.2, 0.25) is 0 Å². The lowest BCUT2D eigenvalue weighted by Crippen LogP contribution is -2.07. The Morgan fingerprint density at radius 1 is 1.33 bits per heavy atom. The van der Waals surface area contributed by atoms with Gasteiger partial charge >= 0.3 is 5.97 Å². The number of halogens is 1. The summed E-state index contributed by atoms with van der Waals surface area (Å²) in [6.07, 6.45) is 2.68. The third-order valence-corrected chi connectivity index (χ3v) is 4.68. The molecule has 0 saturated carbocycles. The number of hydrogen-bond acceptors (Lipinski definition) is 3. The topological polar surface area (TPSA) is 55.0 Å². The molecule has 0 aliphatic rings. The van der Waals surface area contributed by atoms with Crippen LogP contribution in [0.15, 0.2) is 35.9 Å². The summed E-state index contributed by atoms with van der Waals surface area (Å²) in [5.74, 6) is -0.0224. The number of rotatable bonds is 7. The highest BCUT2D eigenvalue weighted by molar-refractivity contribution is 6.30. The van der Waals surface area contributed by atoms with E-state index in [-0.39, 0.29) is 12.2 Å². The van der Waals surface area contributed by atoms with Gasteiger partial charge in [-0.05, 0) is 61.6 Å². The average Bonchev–Trinajstić information content (AvgIpc) is 2.89. The number of nitriles is 1. The van der Waals surface area contributed by atoms with Crippen LogP contribution in [0.3, 0.4) is 0 Å². The van der Waals surface area contributed by atoms with E-state index in [2.05, 4.69) is 18.4 Å². The van der Waals surface area contributed by atoms with Crippen molar-refractivity contribution in [2.75, 3.05) is 0 Å². The largest absolute Gasteiger partial charge is 0.457 e. The normalized spacial score (nSPS) is 11.5. The number of carbonyl (C=O) groups excluding carboxylic acids is 1. The van der Waals surface area contributed by atoms with Crippen LogP contribution in [0.25, 0.3) is 6.08 Å². The summed E-state index contributed by atoms with van der Waals surface area (Å²) in [6.45, 7) is 9.42. The Balaban J connectivity index is 2.14. The summed E-state index contributed by atoms with van der Waals surface area (Å²) < 4.78 is 7.49. The maximum atomic E-state index is 12.3. The van der Waals surface area contributed by atoms with Crippen molar-refractivity contribution < 1.29 is 9.53 Å². The number of aryl methyl sites for hydroxylation is 1. The number of nitrogens with zero attached hydrogens (tertiary/aromatic N) is 2. The fourth-order valence-corrected chi connectivity index (χ4v) is 3.06. The van der Waals surface area contributed by atoms with Crippen LogP contribution in [-0.4, -0.2) is 10.5 Å². The summed E-state index contributed by atoms with van der Waals surface area (Å²) in [5.41, 5.74) is 3.79. The molecule has 0 saturated heterocycles. The van der Waals surface area contributed by atoms with Crippen molar-refractivity contribution in [2.24, 2.45) is 5.92 Å². The maximum Gasteiger partial charge on any atom is 0.349 e. The summed E-state index contributed by atoms with van der Waals surface area (Å²) in [6, 6.07) is 11.0. The second-order valence-corrected chi connectivity index (χ2v) is 7.47. The molecule has 2 rings (SSSR count). The van der Waals surface area contributed by atoms with Crippen LogP contribution in [0.1, 0.15) is 42.8 Å². The molecule has 0 spiro atoms. The molecule has 0 fully saturated rings. The highest BCUT2D eigenvalue weighted by Crippen LogP contribution is 2.20. The van der Waals surface area contributed by atoms with E-state index in [1.54, 1.807) is 24.3 Å². The van der Waals surface area contributed by atoms with Crippen molar-refractivity contribution in [1.82, 2.24) is 4.57 Å². The van der Waals surface area contributed by atoms with E-state index >= 15 is 0 Å². The molecular weight excluding hydrogens is 360 g/mol. The molecule has 0 amide bonds. The van der Waals surface area contributed by atoms with Gasteiger partial charge in [0.15, 0.2) is 0 Å². The molecule has 0 unspecified atom stereocenters. The SMILES string of the molecule is Cc1cc(/C=C(\C#N)C(=O)OCc2cccc(Cl)c2)c(C)n1CCC(C)C. The van der Waals surface area contributed by atoms with Crippen molar-refractivity contribution in [3.63, 3.8) is 0 Å². The molecule has 0 bridgehead atoms. The Bertz CT molecular complexity index is 888. The Kier molecular flexibility index (Phi) is 7.27. The van der Waals surface area contributed by atoms with Crippen molar-refractivity contribution >= 4 is 23.6 Å². The number of hydrogen-bond donors (Lipinski definition) is 0. The third-order valence-electron chi connectivity index (χ3n) is 4.44. The zero-order valence-electron chi connectivity index (χ0n) is 16.3. The number of aromatic nitrogens is 1. The summed E-state index contributed by atoms with van der Waals surface area (Å²) in [4.78, 5) is 12.3. The first-order valence-electron chi connectivity index (χ1n) is 9.02. The molecule has 0 radical (unpaired) electrons. The zero-order chi connectivity index (χ0) is 20.0. The van der Waals surface area contributed by atoms with Crippen molar-refractivity contribution in [2.45, 2.75) is 47.3 Å². The Morgan fingerprint density at radius 3 is 2.70 bits per heavy atom. The number of carbonyl (C=O) groups is 1. The fourth-order valence-electron chi connectivity index (χ4n) is 2.85. The second kappa shape index (κ2) is 9.43. The average molecular weight is 385 g/mol. The van der Waals surface area contributed by atoms with Gasteiger partial charge in [-0.25, -0.2) is 4.79 Å². The molecule has 2 aromatic rings. The zero-order valence-corrected chi connectivity index (χ0v) is 17.0. The number of benzene rings is 1. The molecular formula is C22H25ClN2O2. The van der Waals surface area contributed by atoms with Gasteiger partial charge < -0.3 is 9.30 Å². The number of ether oxygens (including phenoxy) is 1.